The van der Waals surface area contributed by atoms with Crippen LogP contribution in [0.4, 0.5) is 0 Å². The van der Waals surface area contributed by atoms with Crippen LogP contribution >= 0.6 is 0 Å². The fourth-order valence-electron chi connectivity index (χ4n) is 1.91. The molecule has 1 aliphatic carbocycles. The molecule has 56 valence electrons. The van der Waals surface area contributed by atoms with Gasteiger partial charge < -0.3 is 5.32 Å². The smallest absolute Gasteiger partial charge is 0.220 e. The average molecular weight is 139 g/mol. The predicted molar refractivity (Wildman–Crippen MR) is 38.4 cm³/mol. The lowest BCUT2D eigenvalue weighted by Gasteiger charge is -2.11. The van der Waals surface area contributed by atoms with Crippen LogP contribution in [0.25, 0.3) is 0 Å². The first kappa shape index (κ1) is 6.20. The molecule has 1 N–H and O–H groups in total. The Morgan fingerprint density at radius 2 is 2.20 bits per heavy atom. The summed E-state index contributed by atoms with van der Waals surface area (Å²) in [6, 6.07) is 0.444. The standard InChI is InChI=1S/C8H13NO/c1-5-7(6-2-3-6)4-8(10)9-5/h5-7H,2-4H2,1H3,(H,9,10)/t5-,7+/m0/s1. The number of rotatable bonds is 1. The summed E-state index contributed by atoms with van der Waals surface area (Å²) in [6.07, 6.45) is 3.49. The van der Waals surface area contributed by atoms with E-state index in [4.69, 9.17) is 0 Å². The Labute approximate surface area is 61.0 Å². The normalized spacial score (nSPS) is 39.9. The summed E-state index contributed by atoms with van der Waals surface area (Å²) in [4.78, 5) is 10.9. The van der Waals surface area contributed by atoms with Crippen LogP contribution in [0.5, 0.6) is 0 Å². The van der Waals surface area contributed by atoms with Crippen LogP contribution in [0.1, 0.15) is 26.2 Å². The van der Waals surface area contributed by atoms with E-state index in [1.807, 2.05) is 0 Å². The Morgan fingerprint density at radius 3 is 2.60 bits per heavy atom. The fraction of sp³-hybridized carbons (Fsp3) is 0.875. The maximum atomic E-state index is 10.9. The van der Waals surface area contributed by atoms with E-state index in [-0.39, 0.29) is 5.91 Å². The van der Waals surface area contributed by atoms with Gasteiger partial charge in [-0.05, 0) is 31.6 Å². The van der Waals surface area contributed by atoms with Crippen LogP contribution in [0.15, 0.2) is 0 Å². The third-order valence-corrected chi connectivity index (χ3v) is 2.68. The van der Waals surface area contributed by atoms with Gasteiger partial charge >= 0.3 is 0 Å². The second kappa shape index (κ2) is 1.97. The molecule has 1 saturated carbocycles. The highest BCUT2D eigenvalue weighted by Crippen LogP contribution is 2.41. The van der Waals surface area contributed by atoms with E-state index < -0.39 is 0 Å². The average Bonchev–Trinajstić information content (AvgIpc) is 2.61. The quantitative estimate of drug-likeness (QED) is 0.575. The topological polar surface area (TPSA) is 29.1 Å². The molecule has 0 unspecified atom stereocenters. The second-order valence-electron chi connectivity index (χ2n) is 3.56. The molecular formula is C8H13NO. The Kier molecular flexibility index (Phi) is 1.22. The molecule has 0 radical (unpaired) electrons. The van der Waals surface area contributed by atoms with Crippen molar-refractivity contribution in [2.75, 3.05) is 0 Å². The number of carbonyl (C=O) groups is 1. The third-order valence-electron chi connectivity index (χ3n) is 2.68. The molecule has 2 nitrogen and oxygen atoms in total. The van der Waals surface area contributed by atoms with Gasteiger partial charge in [0.15, 0.2) is 0 Å². The van der Waals surface area contributed by atoms with Crippen LogP contribution in [0.3, 0.4) is 0 Å². The summed E-state index contributed by atoms with van der Waals surface area (Å²) in [7, 11) is 0. The Hall–Kier alpha value is -0.530. The van der Waals surface area contributed by atoms with Crippen LogP contribution in [-0.2, 0) is 4.79 Å². The van der Waals surface area contributed by atoms with Crippen molar-refractivity contribution >= 4 is 5.91 Å². The Morgan fingerprint density at radius 1 is 1.50 bits per heavy atom. The number of hydrogen-bond acceptors (Lipinski definition) is 1. The molecule has 2 rings (SSSR count). The van der Waals surface area contributed by atoms with Crippen molar-refractivity contribution in [1.29, 1.82) is 0 Å². The Bertz CT molecular complexity index is 163. The maximum Gasteiger partial charge on any atom is 0.220 e. The zero-order chi connectivity index (χ0) is 7.14. The van der Waals surface area contributed by atoms with E-state index in [2.05, 4.69) is 12.2 Å². The van der Waals surface area contributed by atoms with Crippen LogP contribution < -0.4 is 5.32 Å². The molecule has 2 atom stereocenters. The molecule has 2 fully saturated rings. The van der Waals surface area contributed by atoms with Crippen molar-refractivity contribution in [3.05, 3.63) is 0 Å². The fourth-order valence-corrected chi connectivity index (χ4v) is 1.91. The minimum atomic E-state index is 0.254. The summed E-state index contributed by atoms with van der Waals surface area (Å²) in [6.45, 7) is 2.12. The first-order valence-electron chi connectivity index (χ1n) is 4.07. The van der Waals surface area contributed by atoms with Crippen molar-refractivity contribution in [2.24, 2.45) is 11.8 Å². The minimum Gasteiger partial charge on any atom is -0.353 e. The summed E-state index contributed by atoms with van der Waals surface area (Å²) < 4.78 is 0. The molecular weight excluding hydrogens is 126 g/mol. The van der Waals surface area contributed by atoms with Gasteiger partial charge in [-0.2, -0.15) is 0 Å². The zero-order valence-corrected chi connectivity index (χ0v) is 6.26. The van der Waals surface area contributed by atoms with E-state index in [9.17, 15) is 4.79 Å². The van der Waals surface area contributed by atoms with Crippen molar-refractivity contribution in [3.8, 4) is 0 Å². The monoisotopic (exact) mass is 139 g/mol. The molecule has 0 spiro atoms. The highest BCUT2D eigenvalue weighted by molar-refractivity contribution is 5.79. The van der Waals surface area contributed by atoms with Gasteiger partial charge in [-0.25, -0.2) is 0 Å². The SMILES string of the molecule is C[C@@H]1NC(=O)C[C@H]1C1CC1. The molecule has 10 heavy (non-hydrogen) atoms. The highest BCUT2D eigenvalue weighted by Gasteiger charge is 2.40. The number of carbonyl (C=O) groups excluding carboxylic acids is 1. The first-order valence-corrected chi connectivity index (χ1v) is 4.07. The van der Waals surface area contributed by atoms with Gasteiger partial charge in [0.05, 0.1) is 0 Å². The summed E-state index contributed by atoms with van der Waals surface area (Å²) in [5.74, 6) is 1.78. The molecule has 0 bridgehead atoms. The number of nitrogens with one attached hydrogen (secondary N) is 1. The molecule has 0 aromatic heterocycles. The first-order chi connectivity index (χ1) is 4.77. The number of amides is 1. The Balaban J connectivity index is 2.01. The van der Waals surface area contributed by atoms with Crippen molar-refractivity contribution in [3.63, 3.8) is 0 Å². The van der Waals surface area contributed by atoms with Gasteiger partial charge in [0.25, 0.3) is 0 Å². The zero-order valence-electron chi connectivity index (χ0n) is 6.26. The van der Waals surface area contributed by atoms with Crippen molar-refractivity contribution < 1.29 is 4.79 Å². The van der Waals surface area contributed by atoms with Gasteiger partial charge in [0.2, 0.25) is 5.91 Å². The molecule has 1 amide bonds. The van der Waals surface area contributed by atoms with Gasteiger partial charge in [-0.15, -0.1) is 0 Å². The van der Waals surface area contributed by atoms with Gasteiger partial charge in [0, 0.05) is 12.5 Å². The van der Waals surface area contributed by atoms with Crippen LogP contribution in [0, 0.1) is 11.8 Å². The summed E-state index contributed by atoms with van der Waals surface area (Å²) >= 11 is 0. The van der Waals surface area contributed by atoms with Crippen LogP contribution in [0.2, 0.25) is 0 Å². The molecule has 0 aromatic carbocycles. The van der Waals surface area contributed by atoms with E-state index in [1.165, 1.54) is 12.8 Å². The second-order valence-corrected chi connectivity index (χ2v) is 3.56. The van der Waals surface area contributed by atoms with E-state index in [0.717, 1.165) is 12.3 Å². The lowest BCUT2D eigenvalue weighted by molar-refractivity contribution is -0.119. The van der Waals surface area contributed by atoms with Gasteiger partial charge in [-0.3, -0.25) is 4.79 Å². The minimum absolute atomic E-state index is 0.254. The lowest BCUT2D eigenvalue weighted by atomic mass is 9.97. The number of hydrogen-bond donors (Lipinski definition) is 1. The maximum absolute atomic E-state index is 10.9. The summed E-state index contributed by atoms with van der Waals surface area (Å²) in [5.41, 5.74) is 0. The largest absolute Gasteiger partial charge is 0.353 e. The molecule has 1 aliphatic heterocycles. The predicted octanol–water partition coefficient (Wildman–Crippen LogP) is 0.921. The van der Waals surface area contributed by atoms with Crippen molar-refractivity contribution in [2.45, 2.75) is 32.2 Å². The van der Waals surface area contributed by atoms with Gasteiger partial charge in [-0.1, -0.05) is 0 Å². The van der Waals surface area contributed by atoms with Gasteiger partial charge in [0.1, 0.15) is 0 Å². The molecule has 1 saturated heterocycles. The van der Waals surface area contributed by atoms with Crippen LogP contribution in [-0.4, -0.2) is 11.9 Å². The molecule has 1 heterocycles. The highest BCUT2D eigenvalue weighted by atomic mass is 16.1. The van der Waals surface area contributed by atoms with Crippen molar-refractivity contribution in [1.82, 2.24) is 5.32 Å². The summed E-state index contributed by atoms with van der Waals surface area (Å²) in [5, 5.41) is 2.95. The van der Waals surface area contributed by atoms with E-state index >= 15 is 0 Å². The molecule has 2 aliphatic rings. The van der Waals surface area contributed by atoms with E-state index in [0.29, 0.717) is 12.0 Å². The third kappa shape index (κ3) is 0.917. The van der Waals surface area contributed by atoms with E-state index in [1.54, 1.807) is 0 Å². The lowest BCUT2D eigenvalue weighted by Crippen LogP contribution is -2.25. The molecule has 0 aromatic rings. The molecule has 2 heteroatoms.